The predicted molar refractivity (Wildman–Crippen MR) is 68.5 cm³/mol. The lowest BCUT2D eigenvalue weighted by Gasteiger charge is -2.34. The lowest BCUT2D eigenvalue weighted by Crippen LogP contribution is -2.48. The zero-order valence-electron chi connectivity index (χ0n) is 11.3. The largest absolute Gasteiger partial charge is 0.464 e. The Kier molecular flexibility index (Phi) is 5.41. The van der Waals surface area contributed by atoms with Crippen molar-refractivity contribution in [1.82, 2.24) is 9.80 Å². The first-order valence-corrected chi connectivity index (χ1v) is 6.99. The van der Waals surface area contributed by atoms with Gasteiger partial charge < -0.3 is 9.47 Å². The maximum atomic E-state index is 11.1. The van der Waals surface area contributed by atoms with Crippen LogP contribution in [0.4, 0.5) is 0 Å². The van der Waals surface area contributed by atoms with E-state index in [-0.39, 0.29) is 12.6 Å². The molecule has 1 aliphatic carbocycles. The van der Waals surface area contributed by atoms with Crippen molar-refractivity contribution in [2.75, 3.05) is 52.5 Å². The summed E-state index contributed by atoms with van der Waals surface area (Å²) in [6.45, 7) is 8.45. The molecule has 2 fully saturated rings. The molecule has 2 rings (SSSR count). The number of esters is 1. The molecule has 0 spiro atoms. The molecule has 5 nitrogen and oxygen atoms in total. The van der Waals surface area contributed by atoms with Gasteiger partial charge in [0.15, 0.2) is 0 Å². The molecule has 5 heteroatoms. The van der Waals surface area contributed by atoms with E-state index in [1.807, 2.05) is 0 Å². The summed E-state index contributed by atoms with van der Waals surface area (Å²) in [6, 6.07) is 0.882. The summed E-state index contributed by atoms with van der Waals surface area (Å²) in [6.07, 6.45) is 2.78. The minimum Gasteiger partial charge on any atom is -0.464 e. The van der Waals surface area contributed by atoms with E-state index in [1.54, 1.807) is 6.92 Å². The molecule has 0 aromatic heterocycles. The normalized spacial score (nSPS) is 22.1. The van der Waals surface area contributed by atoms with Crippen LogP contribution in [0.25, 0.3) is 0 Å². The number of hydrogen-bond acceptors (Lipinski definition) is 5. The summed E-state index contributed by atoms with van der Waals surface area (Å²) in [5.74, 6) is -0.268. The van der Waals surface area contributed by atoms with Crippen molar-refractivity contribution >= 4 is 5.97 Å². The lowest BCUT2D eigenvalue weighted by molar-refractivity contribution is -0.148. The summed E-state index contributed by atoms with van der Waals surface area (Å²) in [5.41, 5.74) is 0. The van der Waals surface area contributed by atoms with Gasteiger partial charge in [0.1, 0.15) is 6.61 Å². The number of carbonyl (C=O) groups excluding carboxylic acids is 1. The zero-order chi connectivity index (χ0) is 12.8. The highest BCUT2D eigenvalue weighted by atomic mass is 16.6. The standard InChI is InChI=1S/C13H24N2O3/c1-2-18-13(16)11-17-10-9-14-5-7-15(8-6-14)12-3-4-12/h12H,2-11H2,1H3. The molecular formula is C13H24N2O3. The quantitative estimate of drug-likeness (QED) is 0.485. The fourth-order valence-electron chi connectivity index (χ4n) is 2.34. The van der Waals surface area contributed by atoms with Gasteiger partial charge in [-0.2, -0.15) is 0 Å². The fraction of sp³-hybridized carbons (Fsp3) is 0.923. The van der Waals surface area contributed by atoms with Crippen molar-refractivity contribution in [3.63, 3.8) is 0 Å². The Morgan fingerprint density at radius 1 is 1.22 bits per heavy atom. The number of piperazine rings is 1. The van der Waals surface area contributed by atoms with Crippen LogP contribution in [0.5, 0.6) is 0 Å². The van der Waals surface area contributed by atoms with Crippen LogP contribution >= 0.6 is 0 Å². The minimum atomic E-state index is -0.268. The van der Waals surface area contributed by atoms with Gasteiger partial charge in [0.25, 0.3) is 0 Å². The number of hydrogen-bond donors (Lipinski definition) is 0. The number of carbonyl (C=O) groups is 1. The minimum absolute atomic E-state index is 0.0792. The second kappa shape index (κ2) is 7.07. The van der Waals surface area contributed by atoms with Gasteiger partial charge in [-0.15, -0.1) is 0 Å². The van der Waals surface area contributed by atoms with Gasteiger partial charge in [0.05, 0.1) is 13.2 Å². The topological polar surface area (TPSA) is 42.0 Å². The Hall–Kier alpha value is -0.650. The summed E-state index contributed by atoms with van der Waals surface area (Å²) in [4.78, 5) is 16.1. The van der Waals surface area contributed by atoms with Crippen LogP contribution in [0.2, 0.25) is 0 Å². The van der Waals surface area contributed by atoms with Crippen LogP contribution in [0.15, 0.2) is 0 Å². The van der Waals surface area contributed by atoms with Crippen molar-refractivity contribution in [2.45, 2.75) is 25.8 Å². The predicted octanol–water partition coefficient (Wildman–Crippen LogP) is 0.346. The van der Waals surface area contributed by atoms with Crippen molar-refractivity contribution in [2.24, 2.45) is 0 Å². The Balaban J connectivity index is 1.48. The average molecular weight is 256 g/mol. The van der Waals surface area contributed by atoms with Gasteiger partial charge in [-0.3, -0.25) is 9.80 Å². The summed E-state index contributed by atoms with van der Waals surface area (Å²) >= 11 is 0. The highest BCUT2D eigenvalue weighted by molar-refractivity contribution is 5.70. The van der Waals surface area contributed by atoms with E-state index in [2.05, 4.69) is 9.80 Å². The van der Waals surface area contributed by atoms with Crippen molar-refractivity contribution in [3.8, 4) is 0 Å². The molecular weight excluding hydrogens is 232 g/mol. The molecule has 1 saturated heterocycles. The highest BCUT2D eigenvalue weighted by Crippen LogP contribution is 2.27. The smallest absolute Gasteiger partial charge is 0.332 e. The van der Waals surface area contributed by atoms with E-state index in [9.17, 15) is 4.79 Å². The molecule has 0 N–H and O–H groups in total. The molecule has 18 heavy (non-hydrogen) atoms. The second-order valence-electron chi connectivity index (χ2n) is 4.97. The van der Waals surface area contributed by atoms with E-state index < -0.39 is 0 Å². The van der Waals surface area contributed by atoms with Gasteiger partial charge >= 0.3 is 5.97 Å². The summed E-state index contributed by atoms with van der Waals surface area (Å²) < 4.78 is 10.1. The van der Waals surface area contributed by atoms with E-state index >= 15 is 0 Å². The molecule has 2 aliphatic rings. The molecule has 1 heterocycles. The SMILES string of the molecule is CCOC(=O)COCCN1CCN(C2CC2)CC1. The van der Waals surface area contributed by atoms with Crippen LogP contribution < -0.4 is 0 Å². The van der Waals surface area contributed by atoms with Gasteiger partial charge in [-0.05, 0) is 19.8 Å². The number of nitrogens with zero attached hydrogens (tertiary/aromatic N) is 2. The zero-order valence-corrected chi connectivity index (χ0v) is 11.3. The molecule has 1 aliphatic heterocycles. The van der Waals surface area contributed by atoms with Crippen molar-refractivity contribution in [3.05, 3.63) is 0 Å². The Bertz CT molecular complexity index is 261. The number of ether oxygens (including phenoxy) is 2. The van der Waals surface area contributed by atoms with Crippen LogP contribution in [-0.4, -0.2) is 74.4 Å². The van der Waals surface area contributed by atoms with Crippen LogP contribution in [-0.2, 0) is 14.3 Å². The number of rotatable bonds is 7. The Labute approximate surface area is 109 Å². The highest BCUT2D eigenvalue weighted by Gasteiger charge is 2.30. The molecule has 104 valence electrons. The van der Waals surface area contributed by atoms with Gasteiger partial charge in [-0.25, -0.2) is 4.79 Å². The van der Waals surface area contributed by atoms with Gasteiger partial charge in [0.2, 0.25) is 0 Å². The fourth-order valence-corrected chi connectivity index (χ4v) is 2.34. The molecule has 0 unspecified atom stereocenters. The van der Waals surface area contributed by atoms with Crippen molar-refractivity contribution in [1.29, 1.82) is 0 Å². The molecule has 0 bridgehead atoms. The molecule has 0 atom stereocenters. The lowest BCUT2D eigenvalue weighted by atomic mass is 10.3. The van der Waals surface area contributed by atoms with E-state index in [1.165, 1.54) is 25.9 Å². The van der Waals surface area contributed by atoms with Crippen LogP contribution in [0.1, 0.15) is 19.8 Å². The Morgan fingerprint density at radius 3 is 2.56 bits per heavy atom. The molecule has 0 radical (unpaired) electrons. The first kappa shape index (κ1) is 13.8. The Morgan fingerprint density at radius 2 is 1.94 bits per heavy atom. The van der Waals surface area contributed by atoms with Crippen LogP contribution in [0.3, 0.4) is 0 Å². The van der Waals surface area contributed by atoms with Crippen LogP contribution in [0, 0.1) is 0 Å². The van der Waals surface area contributed by atoms with Gasteiger partial charge in [0, 0.05) is 38.8 Å². The third-order valence-electron chi connectivity index (χ3n) is 3.55. The van der Waals surface area contributed by atoms with E-state index in [4.69, 9.17) is 9.47 Å². The van der Waals surface area contributed by atoms with Gasteiger partial charge in [-0.1, -0.05) is 0 Å². The first-order chi connectivity index (χ1) is 8.79. The summed E-state index contributed by atoms with van der Waals surface area (Å²) in [5, 5.41) is 0. The summed E-state index contributed by atoms with van der Waals surface area (Å²) in [7, 11) is 0. The monoisotopic (exact) mass is 256 g/mol. The molecule has 0 amide bonds. The molecule has 1 saturated carbocycles. The maximum absolute atomic E-state index is 11.1. The van der Waals surface area contributed by atoms with E-state index in [0.29, 0.717) is 13.2 Å². The second-order valence-corrected chi connectivity index (χ2v) is 4.97. The third kappa shape index (κ3) is 4.55. The molecule has 0 aromatic rings. The third-order valence-corrected chi connectivity index (χ3v) is 3.55. The van der Waals surface area contributed by atoms with Crippen molar-refractivity contribution < 1.29 is 14.3 Å². The molecule has 0 aromatic carbocycles. The van der Waals surface area contributed by atoms with E-state index in [0.717, 1.165) is 25.7 Å². The first-order valence-electron chi connectivity index (χ1n) is 6.99. The average Bonchev–Trinajstić information content (AvgIpc) is 3.20. The maximum Gasteiger partial charge on any atom is 0.332 e.